The van der Waals surface area contributed by atoms with E-state index in [0.29, 0.717) is 61.9 Å². The van der Waals surface area contributed by atoms with E-state index in [1.54, 1.807) is 63.9 Å². The predicted molar refractivity (Wildman–Crippen MR) is 279 cm³/mol. The average molecular weight is 1000 g/mol. The number of aromatic nitrogens is 5. The van der Waals surface area contributed by atoms with Gasteiger partial charge in [0.25, 0.3) is 17.0 Å². The Bertz CT molecular complexity index is 3310. The van der Waals surface area contributed by atoms with Gasteiger partial charge in [-0.05, 0) is 98.3 Å². The summed E-state index contributed by atoms with van der Waals surface area (Å²) in [5, 5.41) is 7.66. The van der Waals surface area contributed by atoms with E-state index in [4.69, 9.17) is 26.1 Å². The second-order valence-corrected chi connectivity index (χ2v) is 20.5. The zero-order chi connectivity index (χ0) is 49.8. The van der Waals surface area contributed by atoms with Crippen molar-refractivity contribution in [2.24, 2.45) is 20.0 Å². The quantitative estimate of drug-likeness (QED) is 0.0790. The Hall–Kier alpha value is -6.93. The number of likely N-dealkylation sites (N-methyl/N-ethyl adjacent to an activating group) is 1. The number of carbonyl (C=O) groups is 1. The molecule has 0 atom stereocenters. The fourth-order valence-electron chi connectivity index (χ4n) is 9.23. The molecule has 4 N–H and O–H groups in total. The molecule has 0 bridgehead atoms. The Labute approximate surface area is 416 Å². The van der Waals surface area contributed by atoms with Gasteiger partial charge in [0.15, 0.2) is 18.2 Å². The largest absolute Gasteiger partial charge is 0.478 e. The number of halogens is 1. The lowest BCUT2D eigenvalue weighted by molar-refractivity contribution is -0.122. The number of benzene rings is 3. The molecule has 7 aromatic rings. The van der Waals surface area contributed by atoms with Gasteiger partial charge in [-0.3, -0.25) is 19.1 Å². The minimum atomic E-state index is -3.52. The van der Waals surface area contributed by atoms with E-state index in [2.05, 4.69) is 52.2 Å². The minimum absolute atomic E-state index is 0.0644. The summed E-state index contributed by atoms with van der Waals surface area (Å²) in [6.45, 7) is 9.15. The lowest BCUT2D eigenvalue weighted by Gasteiger charge is -2.39. The molecule has 0 unspecified atom stereocenters. The molecule has 20 heteroatoms. The van der Waals surface area contributed by atoms with Crippen molar-refractivity contribution in [3.63, 3.8) is 0 Å². The standard InChI is InChI=1S/C51H58ClN11O7S/c1-5-71(67,68)58-37-9-13-44(40(28-37)41-31-59(3)50(66)47-39(41)14-18-54-47)70-38-10-6-33(7-11-38)15-19-61-22-24-62(25-23-61)30-34-16-20-63(21-17-34)51-55-29-42(52)48(57-51)56-36-8-12-43-35(26-36)27-45(49(65)60(43)4)69-32-46(64)53-2/h6-14,18,26-29,31,34,54,58H,5,15-17,19-25,30,32H2,1-4H3,(H,53,64)(H,55,56,57). The lowest BCUT2D eigenvalue weighted by atomic mass is 9.96. The molecule has 2 fully saturated rings. The van der Waals surface area contributed by atoms with Gasteiger partial charge in [-0.15, -0.1) is 0 Å². The molecule has 4 aromatic heterocycles. The Morgan fingerprint density at radius 3 is 2.37 bits per heavy atom. The molecule has 0 saturated carbocycles. The van der Waals surface area contributed by atoms with Crippen LogP contribution in [-0.2, 0) is 35.3 Å². The number of pyridine rings is 2. The number of aromatic amines is 1. The van der Waals surface area contributed by atoms with E-state index in [0.717, 1.165) is 88.3 Å². The number of piperidine rings is 1. The first kappa shape index (κ1) is 49.1. The average Bonchev–Trinajstić information content (AvgIpc) is 3.88. The third-order valence-electron chi connectivity index (χ3n) is 13.4. The number of rotatable bonds is 17. The number of piperazine rings is 1. The van der Waals surface area contributed by atoms with Crippen LogP contribution in [0.25, 0.3) is 32.9 Å². The highest BCUT2D eigenvalue weighted by Crippen LogP contribution is 2.39. The number of hydrogen-bond acceptors (Lipinski definition) is 13. The highest BCUT2D eigenvalue weighted by molar-refractivity contribution is 7.92. The van der Waals surface area contributed by atoms with Gasteiger partial charge in [-0.1, -0.05) is 23.7 Å². The third-order valence-corrected chi connectivity index (χ3v) is 15.0. The molecular formula is C51H58ClN11O7S. The van der Waals surface area contributed by atoms with Crippen LogP contribution in [0, 0.1) is 5.92 Å². The molecule has 18 nitrogen and oxygen atoms in total. The molecule has 1 amide bonds. The number of fused-ring (bicyclic) bond motifs is 2. The van der Waals surface area contributed by atoms with Crippen molar-refractivity contribution in [2.75, 3.05) is 86.7 Å². The van der Waals surface area contributed by atoms with Crippen LogP contribution in [0.15, 0.2) is 101 Å². The number of aryl methyl sites for hydroxylation is 2. The minimum Gasteiger partial charge on any atom is -0.478 e. The number of nitrogens with zero attached hydrogens (tertiary/aromatic N) is 7. The Kier molecular flexibility index (Phi) is 14.6. The van der Waals surface area contributed by atoms with E-state index >= 15 is 0 Å². The van der Waals surface area contributed by atoms with Gasteiger partial charge >= 0.3 is 0 Å². The number of nitrogens with one attached hydrogen (secondary N) is 4. The lowest BCUT2D eigenvalue weighted by Crippen LogP contribution is -2.49. The van der Waals surface area contributed by atoms with Crippen molar-refractivity contribution in [3.05, 3.63) is 123 Å². The molecule has 6 heterocycles. The van der Waals surface area contributed by atoms with Crippen molar-refractivity contribution in [1.82, 2.24) is 39.2 Å². The maximum Gasteiger partial charge on any atom is 0.293 e. The normalized spacial score (nSPS) is 15.0. The number of amides is 1. The third kappa shape index (κ3) is 11.3. The summed E-state index contributed by atoms with van der Waals surface area (Å²) in [5.74, 6) is 2.55. The summed E-state index contributed by atoms with van der Waals surface area (Å²) < 4.78 is 42.6. The van der Waals surface area contributed by atoms with Gasteiger partial charge in [0.1, 0.15) is 22.0 Å². The number of ether oxygens (including phenoxy) is 2. The topological polar surface area (TPSA) is 201 Å². The van der Waals surface area contributed by atoms with Gasteiger partial charge < -0.3 is 48.9 Å². The molecule has 3 aromatic carbocycles. The van der Waals surface area contributed by atoms with Gasteiger partial charge in [0.05, 0.1) is 17.5 Å². The maximum atomic E-state index is 12.9. The Balaban J connectivity index is 0.749. The van der Waals surface area contributed by atoms with Crippen LogP contribution < -0.4 is 40.8 Å². The van der Waals surface area contributed by atoms with Crippen molar-refractivity contribution >= 4 is 72.5 Å². The first-order valence-electron chi connectivity index (χ1n) is 23.8. The zero-order valence-electron chi connectivity index (χ0n) is 40.2. The molecule has 71 heavy (non-hydrogen) atoms. The number of anilines is 4. The van der Waals surface area contributed by atoms with Crippen molar-refractivity contribution < 1.29 is 22.7 Å². The smallest absolute Gasteiger partial charge is 0.293 e. The van der Waals surface area contributed by atoms with Crippen LogP contribution in [0.3, 0.4) is 0 Å². The van der Waals surface area contributed by atoms with E-state index in [9.17, 15) is 22.8 Å². The van der Waals surface area contributed by atoms with Crippen molar-refractivity contribution in [2.45, 2.75) is 26.2 Å². The number of hydrogen-bond donors (Lipinski definition) is 4. The van der Waals surface area contributed by atoms with Gasteiger partial charge in [0, 0.05) is 119 Å². The number of sulfonamides is 1. The summed E-state index contributed by atoms with van der Waals surface area (Å²) in [7, 11) is 1.34. The molecule has 9 rings (SSSR count). The van der Waals surface area contributed by atoms with Crippen LogP contribution >= 0.6 is 11.6 Å². The van der Waals surface area contributed by atoms with Crippen LogP contribution in [0.4, 0.5) is 23.1 Å². The summed E-state index contributed by atoms with van der Waals surface area (Å²) in [4.78, 5) is 57.2. The Morgan fingerprint density at radius 1 is 0.873 bits per heavy atom. The monoisotopic (exact) mass is 1000 g/mol. The molecule has 0 spiro atoms. The van der Waals surface area contributed by atoms with Crippen LogP contribution in [0.5, 0.6) is 17.2 Å². The summed E-state index contributed by atoms with van der Waals surface area (Å²) >= 11 is 6.60. The number of H-pyrrole nitrogens is 1. The van der Waals surface area contributed by atoms with Crippen LogP contribution in [-0.4, -0.2) is 120 Å². The molecule has 2 aliphatic rings. The Morgan fingerprint density at radius 2 is 1.62 bits per heavy atom. The second-order valence-electron chi connectivity index (χ2n) is 18.1. The predicted octanol–water partition coefficient (Wildman–Crippen LogP) is 6.33. The van der Waals surface area contributed by atoms with E-state index in [-0.39, 0.29) is 35.1 Å². The van der Waals surface area contributed by atoms with Gasteiger partial charge in [-0.25, -0.2) is 13.4 Å². The maximum absolute atomic E-state index is 12.9. The van der Waals surface area contributed by atoms with Crippen molar-refractivity contribution in [3.8, 4) is 28.4 Å². The summed E-state index contributed by atoms with van der Waals surface area (Å²) in [6, 6.07) is 22.3. The highest BCUT2D eigenvalue weighted by Gasteiger charge is 2.26. The fourth-order valence-corrected chi connectivity index (χ4v) is 10.00. The molecule has 0 aliphatic carbocycles. The van der Waals surface area contributed by atoms with E-state index < -0.39 is 10.0 Å². The summed E-state index contributed by atoms with van der Waals surface area (Å²) in [6.07, 6.45) is 8.08. The second kappa shape index (κ2) is 21.2. The fraction of sp³-hybridized carbons (Fsp3) is 0.353. The highest BCUT2D eigenvalue weighted by atomic mass is 35.5. The molecule has 372 valence electrons. The van der Waals surface area contributed by atoms with Crippen molar-refractivity contribution in [1.29, 1.82) is 0 Å². The van der Waals surface area contributed by atoms with E-state index in [1.807, 2.05) is 36.4 Å². The first-order chi connectivity index (χ1) is 34.2. The van der Waals surface area contributed by atoms with Gasteiger partial charge in [-0.2, -0.15) is 4.98 Å². The molecule has 2 aliphatic heterocycles. The zero-order valence-corrected chi connectivity index (χ0v) is 41.8. The van der Waals surface area contributed by atoms with Gasteiger partial charge in [0.2, 0.25) is 16.0 Å². The van der Waals surface area contributed by atoms with E-state index in [1.165, 1.54) is 21.7 Å². The first-order valence-corrected chi connectivity index (χ1v) is 25.8. The van der Waals surface area contributed by atoms with Crippen LogP contribution in [0.2, 0.25) is 5.02 Å². The number of carbonyl (C=O) groups excluding carboxylic acids is 1. The SMILES string of the molecule is CCS(=O)(=O)Nc1ccc(Oc2ccc(CCN3CCN(CC4CCN(c5ncc(Cl)c(Nc6ccc7c(c6)cc(OCC(=O)NC)c(=O)n7C)n5)CC4)CC3)cc2)c(-c2cn(C)c(=O)c3[nH]ccc23)c1. The molecular weight excluding hydrogens is 946 g/mol. The summed E-state index contributed by atoms with van der Waals surface area (Å²) in [5.41, 5.74) is 4.37. The van der Waals surface area contributed by atoms with Crippen LogP contribution in [0.1, 0.15) is 25.3 Å². The molecule has 2 saturated heterocycles. The molecule has 0 radical (unpaired) electrons.